The van der Waals surface area contributed by atoms with Crippen LogP contribution in [0.1, 0.15) is 0 Å². The first-order chi connectivity index (χ1) is 20.3. The van der Waals surface area contributed by atoms with Crippen LogP contribution in [0.15, 0.2) is 146 Å². The predicted molar refractivity (Wildman–Crippen MR) is 170 cm³/mol. The normalized spacial score (nSPS) is 11.9. The Morgan fingerprint density at radius 1 is 0.366 bits per heavy atom. The van der Waals surface area contributed by atoms with Crippen molar-refractivity contribution in [1.29, 1.82) is 0 Å². The average Bonchev–Trinajstić information content (AvgIpc) is 3.53. The lowest BCUT2D eigenvalue weighted by Gasteiger charge is -2.15. The summed E-state index contributed by atoms with van der Waals surface area (Å²) in [5, 5.41) is 10.4. The third-order valence-corrected chi connectivity index (χ3v) is 8.30. The van der Waals surface area contributed by atoms with E-state index in [2.05, 4.69) is 112 Å². The quantitative estimate of drug-likeness (QED) is 0.224. The molecule has 3 heteroatoms. The van der Waals surface area contributed by atoms with Crippen LogP contribution < -0.4 is 4.74 Å². The maximum absolute atomic E-state index is 6.10. The number of aromatic nitrogens is 2. The van der Waals surface area contributed by atoms with Crippen LogP contribution >= 0.6 is 0 Å². The van der Waals surface area contributed by atoms with Crippen molar-refractivity contribution < 1.29 is 4.74 Å². The largest absolute Gasteiger partial charge is 0.457 e. The first-order valence-corrected chi connectivity index (χ1v) is 13.9. The fraction of sp³-hybridized carbons (Fsp3) is 0. The molecule has 0 aliphatic heterocycles. The van der Waals surface area contributed by atoms with Crippen molar-refractivity contribution >= 4 is 54.1 Å². The molecule has 8 aromatic carbocycles. The monoisotopic (exact) mass is 524 g/mol. The summed E-state index contributed by atoms with van der Waals surface area (Å²) in [6, 6.07) is 51.5. The second kappa shape index (κ2) is 8.48. The van der Waals surface area contributed by atoms with Crippen LogP contribution in [0.4, 0.5) is 0 Å². The number of benzene rings is 7. The Morgan fingerprint density at radius 2 is 0.854 bits per heavy atom. The van der Waals surface area contributed by atoms with Gasteiger partial charge >= 0.3 is 0 Å². The molecule has 0 saturated heterocycles. The Labute approximate surface area is 236 Å². The van der Waals surface area contributed by atoms with Gasteiger partial charge in [-0.25, -0.2) is 9.36 Å². The molecule has 0 unspecified atom stereocenters. The molecule has 1 aromatic heterocycles. The van der Waals surface area contributed by atoms with Crippen LogP contribution in [0, 0.1) is 0 Å². The highest BCUT2D eigenvalue weighted by atomic mass is 16.5. The standard InChI is InChI=1S/C38H24N2O/c1-3-11-27(12-4-1)39-35-21-19-31-33-23-25-9-7-8-10-26(25)24-34(33)32-20-22-36(38(35)37(31)32)40(39)28-15-17-30(18-16-28)41-29-13-5-2-6-14-29/h1-24H. The van der Waals surface area contributed by atoms with E-state index in [1.165, 1.54) is 54.1 Å². The van der Waals surface area contributed by atoms with E-state index < -0.39 is 0 Å². The molecule has 0 aliphatic rings. The fourth-order valence-electron chi connectivity index (χ4n) is 6.52. The zero-order valence-electron chi connectivity index (χ0n) is 22.2. The van der Waals surface area contributed by atoms with Crippen LogP contribution in [-0.4, -0.2) is 9.36 Å². The van der Waals surface area contributed by atoms with Gasteiger partial charge < -0.3 is 4.74 Å². The summed E-state index contributed by atoms with van der Waals surface area (Å²) in [7, 11) is 0. The summed E-state index contributed by atoms with van der Waals surface area (Å²) < 4.78 is 10.8. The van der Waals surface area contributed by atoms with E-state index >= 15 is 0 Å². The maximum Gasteiger partial charge on any atom is 0.127 e. The minimum atomic E-state index is 0.811. The molecule has 0 amide bonds. The van der Waals surface area contributed by atoms with Crippen molar-refractivity contribution in [2.24, 2.45) is 0 Å². The molecule has 3 nitrogen and oxygen atoms in total. The van der Waals surface area contributed by atoms with Crippen LogP contribution in [0.5, 0.6) is 11.5 Å². The lowest BCUT2D eigenvalue weighted by Crippen LogP contribution is -2.08. The van der Waals surface area contributed by atoms with Gasteiger partial charge in [0.25, 0.3) is 0 Å². The topological polar surface area (TPSA) is 19.1 Å². The summed E-state index contributed by atoms with van der Waals surface area (Å²) in [6.07, 6.45) is 0. The summed E-state index contributed by atoms with van der Waals surface area (Å²) in [6.45, 7) is 0. The lowest BCUT2D eigenvalue weighted by molar-refractivity contribution is 0.482. The van der Waals surface area contributed by atoms with Gasteiger partial charge in [0.05, 0.1) is 22.4 Å². The molecule has 0 bridgehead atoms. The average molecular weight is 525 g/mol. The van der Waals surface area contributed by atoms with E-state index in [1.54, 1.807) is 0 Å². The summed E-state index contributed by atoms with van der Waals surface area (Å²) >= 11 is 0. The number of para-hydroxylation sites is 2. The molecule has 0 fully saturated rings. The first kappa shape index (κ1) is 22.3. The lowest BCUT2D eigenvalue weighted by atomic mass is 10.0. The minimum Gasteiger partial charge on any atom is -0.457 e. The highest BCUT2D eigenvalue weighted by Crippen LogP contribution is 2.45. The molecule has 192 valence electrons. The second-order valence-corrected chi connectivity index (χ2v) is 10.6. The molecule has 41 heavy (non-hydrogen) atoms. The van der Waals surface area contributed by atoms with Gasteiger partial charge in [0, 0.05) is 10.8 Å². The van der Waals surface area contributed by atoms with E-state index in [4.69, 9.17) is 4.74 Å². The molecular formula is C38H24N2O. The number of hydrogen-bond acceptors (Lipinski definition) is 1. The first-order valence-electron chi connectivity index (χ1n) is 13.9. The Balaban J connectivity index is 1.33. The van der Waals surface area contributed by atoms with Crippen molar-refractivity contribution in [2.45, 2.75) is 0 Å². The van der Waals surface area contributed by atoms with Crippen molar-refractivity contribution in [1.82, 2.24) is 9.36 Å². The third kappa shape index (κ3) is 3.26. The molecule has 0 N–H and O–H groups in total. The molecule has 9 aromatic rings. The fourth-order valence-corrected chi connectivity index (χ4v) is 6.52. The molecule has 0 radical (unpaired) electrons. The second-order valence-electron chi connectivity index (χ2n) is 10.6. The molecular weight excluding hydrogens is 500 g/mol. The number of ether oxygens (including phenoxy) is 1. The summed E-state index contributed by atoms with van der Waals surface area (Å²) in [5.41, 5.74) is 4.56. The van der Waals surface area contributed by atoms with Gasteiger partial charge in [-0.1, -0.05) is 72.8 Å². The highest BCUT2D eigenvalue weighted by molar-refractivity contribution is 6.36. The van der Waals surface area contributed by atoms with Crippen molar-refractivity contribution in [3.05, 3.63) is 146 Å². The van der Waals surface area contributed by atoms with Crippen LogP contribution in [0.3, 0.4) is 0 Å². The predicted octanol–water partition coefficient (Wildman–Crippen LogP) is 10.3. The van der Waals surface area contributed by atoms with Gasteiger partial charge in [-0.15, -0.1) is 0 Å². The minimum absolute atomic E-state index is 0.811. The van der Waals surface area contributed by atoms with Crippen molar-refractivity contribution in [3.63, 3.8) is 0 Å². The van der Waals surface area contributed by atoms with E-state index in [0.717, 1.165) is 22.9 Å². The summed E-state index contributed by atoms with van der Waals surface area (Å²) in [4.78, 5) is 0. The van der Waals surface area contributed by atoms with E-state index in [0.29, 0.717) is 0 Å². The SMILES string of the molecule is c1ccc(Oc2ccc(-n3c4ccc5c6cc7ccccc7cc6c6ccc(c4c65)n3-c3ccccc3)cc2)cc1. The highest BCUT2D eigenvalue weighted by Gasteiger charge is 2.22. The number of hydrogen-bond donors (Lipinski definition) is 0. The van der Waals surface area contributed by atoms with Gasteiger partial charge in [-0.3, -0.25) is 0 Å². The van der Waals surface area contributed by atoms with E-state index in [9.17, 15) is 0 Å². The smallest absolute Gasteiger partial charge is 0.127 e. The van der Waals surface area contributed by atoms with Crippen LogP contribution in [0.2, 0.25) is 0 Å². The van der Waals surface area contributed by atoms with Gasteiger partial charge in [0.15, 0.2) is 0 Å². The summed E-state index contributed by atoms with van der Waals surface area (Å²) in [5.74, 6) is 1.64. The zero-order chi connectivity index (χ0) is 26.9. The third-order valence-electron chi connectivity index (χ3n) is 8.30. The van der Waals surface area contributed by atoms with Gasteiger partial charge in [0.1, 0.15) is 11.5 Å². The molecule has 0 atom stereocenters. The Bertz CT molecular complexity index is 2310. The molecule has 0 spiro atoms. The van der Waals surface area contributed by atoms with E-state index in [-0.39, 0.29) is 0 Å². The molecule has 1 heterocycles. The number of rotatable bonds is 4. The van der Waals surface area contributed by atoms with Gasteiger partial charge in [-0.05, 0) is 105 Å². The van der Waals surface area contributed by atoms with Gasteiger partial charge in [-0.2, -0.15) is 0 Å². The Hall–Kier alpha value is -5.54. The maximum atomic E-state index is 6.10. The molecule has 0 aliphatic carbocycles. The van der Waals surface area contributed by atoms with Crippen LogP contribution in [-0.2, 0) is 0 Å². The van der Waals surface area contributed by atoms with Crippen LogP contribution in [0.25, 0.3) is 65.5 Å². The Kier molecular flexibility index (Phi) is 4.61. The van der Waals surface area contributed by atoms with E-state index in [1.807, 2.05) is 42.5 Å². The number of nitrogens with zero attached hydrogens (tertiary/aromatic N) is 2. The molecule has 9 rings (SSSR count). The van der Waals surface area contributed by atoms with Crippen molar-refractivity contribution in [2.75, 3.05) is 0 Å². The molecule has 0 saturated carbocycles. The van der Waals surface area contributed by atoms with Gasteiger partial charge in [0.2, 0.25) is 0 Å². The van der Waals surface area contributed by atoms with Crippen molar-refractivity contribution in [3.8, 4) is 22.9 Å². The zero-order valence-corrected chi connectivity index (χ0v) is 22.2. The Morgan fingerprint density at radius 3 is 1.44 bits per heavy atom. The number of fused-ring (bicyclic) bond motifs is 4.